The molecule has 29 heavy (non-hydrogen) atoms. The van der Waals surface area contributed by atoms with Crippen LogP contribution in [0.1, 0.15) is 50.0 Å². The quantitative estimate of drug-likeness (QED) is 0.766. The standard InChI is InChI=1S/C23H30N4O2/c24-11-10-22(15-26(16-22)21(28)23(29)8-9-23)27-12-6-18(7-13-27)25-20-14-19(20)17-4-2-1-3-5-17/h1-5,18-20,25,29H,6-10,12-16H2/t19?,20-/m1/s1. The summed E-state index contributed by atoms with van der Waals surface area (Å²) in [6.07, 6.45) is 5.01. The average molecular weight is 395 g/mol. The van der Waals surface area contributed by atoms with Gasteiger partial charge in [0.1, 0.15) is 5.60 Å². The summed E-state index contributed by atoms with van der Waals surface area (Å²) in [5.41, 5.74) is 0.120. The van der Waals surface area contributed by atoms with E-state index in [1.54, 1.807) is 4.90 Å². The van der Waals surface area contributed by atoms with E-state index >= 15 is 0 Å². The van der Waals surface area contributed by atoms with Crippen molar-refractivity contribution in [3.8, 4) is 6.07 Å². The number of amides is 1. The maximum Gasteiger partial charge on any atom is 0.254 e. The van der Waals surface area contributed by atoms with Gasteiger partial charge in [-0.25, -0.2) is 0 Å². The van der Waals surface area contributed by atoms with E-state index in [-0.39, 0.29) is 11.4 Å². The summed E-state index contributed by atoms with van der Waals surface area (Å²) in [7, 11) is 0. The summed E-state index contributed by atoms with van der Waals surface area (Å²) in [6, 6.07) is 14.2. The van der Waals surface area contributed by atoms with Crippen LogP contribution in [0.2, 0.25) is 0 Å². The van der Waals surface area contributed by atoms with Crippen LogP contribution in [0.3, 0.4) is 0 Å². The topological polar surface area (TPSA) is 79.6 Å². The summed E-state index contributed by atoms with van der Waals surface area (Å²) in [4.78, 5) is 16.6. The molecule has 1 amide bonds. The van der Waals surface area contributed by atoms with E-state index in [1.807, 2.05) is 0 Å². The number of nitriles is 1. The predicted molar refractivity (Wildman–Crippen MR) is 109 cm³/mol. The van der Waals surface area contributed by atoms with Crippen LogP contribution in [0.25, 0.3) is 0 Å². The minimum absolute atomic E-state index is 0.136. The number of carbonyl (C=O) groups excluding carboxylic acids is 1. The first kappa shape index (κ1) is 19.0. The predicted octanol–water partition coefficient (Wildman–Crippen LogP) is 1.62. The molecule has 1 aromatic rings. The van der Waals surface area contributed by atoms with Gasteiger partial charge in [0.25, 0.3) is 5.91 Å². The highest BCUT2D eigenvalue weighted by molar-refractivity contribution is 5.88. The molecule has 5 rings (SSSR count). The molecule has 2 heterocycles. The fraction of sp³-hybridized carbons (Fsp3) is 0.652. The van der Waals surface area contributed by atoms with Gasteiger partial charge < -0.3 is 15.3 Å². The average Bonchev–Trinajstić information content (AvgIpc) is 3.63. The van der Waals surface area contributed by atoms with Crippen molar-refractivity contribution >= 4 is 5.91 Å². The maximum absolute atomic E-state index is 12.4. The van der Waals surface area contributed by atoms with Gasteiger partial charge in [0.2, 0.25) is 0 Å². The lowest BCUT2D eigenvalue weighted by molar-refractivity contribution is -0.158. The molecule has 1 unspecified atom stereocenters. The van der Waals surface area contributed by atoms with Gasteiger partial charge in [-0.2, -0.15) is 5.26 Å². The number of likely N-dealkylation sites (tertiary alicyclic amines) is 2. The number of carbonyl (C=O) groups is 1. The fourth-order valence-corrected chi connectivity index (χ4v) is 5.28. The van der Waals surface area contributed by atoms with Gasteiger partial charge in [-0.05, 0) is 37.7 Å². The van der Waals surface area contributed by atoms with Crippen LogP contribution in [0, 0.1) is 11.3 Å². The summed E-state index contributed by atoms with van der Waals surface area (Å²) in [5.74, 6) is 0.516. The van der Waals surface area contributed by atoms with Crippen molar-refractivity contribution in [2.24, 2.45) is 0 Å². The summed E-state index contributed by atoms with van der Waals surface area (Å²) < 4.78 is 0. The van der Waals surface area contributed by atoms with E-state index in [1.165, 1.54) is 12.0 Å². The molecule has 6 heteroatoms. The van der Waals surface area contributed by atoms with Crippen molar-refractivity contribution in [3.05, 3.63) is 35.9 Å². The molecule has 6 nitrogen and oxygen atoms in total. The number of nitrogens with one attached hydrogen (secondary N) is 1. The Balaban J connectivity index is 1.12. The van der Waals surface area contributed by atoms with E-state index in [9.17, 15) is 15.2 Å². The minimum Gasteiger partial charge on any atom is -0.380 e. The molecule has 4 fully saturated rings. The molecule has 2 aliphatic carbocycles. The Morgan fingerprint density at radius 1 is 1.21 bits per heavy atom. The van der Waals surface area contributed by atoms with Gasteiger partial charge >= 0.3 is 0 Å². The normalized spacial score (nSPS) is 30.3. The van der Waals surface area contributed by atoms with E-state index in [2.05, 4.69) is 46.6 Å². The zero-order valence-electron chi connectivity index (χ0n) is 16.9. The van der Waals surface area contributed by atoms with Gasteiger partial charge in [0.05, 0.1) is 18.0 Å². The third kappa shape index (κ3) is 3.56. The fourth-order valence-electron chi connectivity index (χ4n) is 5.28. The zero-order chi connectivity index (χ0) is 20.1. The van der Waals surface area contributed by atoms with Crippen molar-refractivity contribution in [1.82, 2.24) is 15.1 Å². The molecular formula is C23H30N4O2. The molecule has 2 saturated heterocycles. The summed E-state index contributed by atoms with van der Waals surface area (Å²) >= 11 is 0. The first-order valence-electron chi connectivity index (χ1n) is 11.0. The highest BCUT2D eigenvalue weighted by atomic mass is 16.3. The number of nitrogens with zero attached hydrogens (tertiary/aromatic N) is 3. The van der Waals surface area contributed by atoms with Gasteiger partial charge in [-0.1, -0.05) is 30.3 Å². The number of rotatable bonds is 6. The Hall–Kier alpha value is -1.94. The lowest BCUT2D eigenvalue weighted by atomic mass is 9.82. The van der Waals surface area contributed by atoms with Gasteiger partial charge in [-0.3, -0.25) is 9.69 Å². The number of aliphatic hydroxyl groups is 1. The third-order valence-corrected chi connectivity index (χ3v) is 7.42. The molecule has 2 N–H and O–H groups in total. The Morgan fingerprint density at radius 2 is 1.90 bits per heavy atom. The molecule has 0 spiro atoms. The van der Waals surface area contributed by atoms with Crippen LogP contribution >= 0.6 is 0 Å². The van der Waals surface area contributed by atoms with Crippen LogP contribution in [-0.2, 0) is 4.79 Å². The van der Waals surface area contributed by atoms with Crippen LogP contribution in [0.4, 0.5) is 0 Å². The molecule has 0 bridgehead atoms. The summed E-state index contributed by atoms with van der Waals surface area (Å²) in [5, 5.41) is 23.3. The minimum atomic E-state index is -1.10. The Bertz CT molecular complexity index is 802. The van der Waals surface area contributed by atoms with E-state index in [4.69, 9.17) is 0 Å². The van der Waals surface area contributed by atoms with E-state index in [0.29, 0.717) is 50.4 Å². The molecule has 154 valence electrons. The highest BCUT2D eigenvalue weighted by Crippen LogP contribution is 2.43. The van der Waals surface area contributed by atoms with Crippen molar-refractivity contribution < 1.29 is 9.90 Å². The second kappa shape index (κ2) is 7.09. The maximum atomic E-state index is 12.4. The van der Waals surface area contributed by atoms with Crippen LogP contribution < -0.4 is 5.32 Å². The van der Waals surface area contributed by atoms with Crippen molar-refractivity contribution in [2.75, 3.05) is 26.2 Å². The third-order valence-electron chi connectivity index (χ3n) is 7.42. The highest BCUT2D eigenvalue weighted by Gasteiger charge is 2.57. The van der Waals surface area contributed by atoms with Gasteiger partial charge in [0.15, 0.2) is 0 Å². The second-order valence-corrected chi connectivity index (χ2v) is 9.54. The molecule has 1 aromatic carbocycles. The van der Waals surface area contributed by atoms with Crippen molar-refractivity contribution in [1.29, 1.82) is 5.26 Å². The molecule has 2 saturated carbocycles. The first-order chi connectivity index (χ1) is 14.0. The van der Waals surface area contributed by atoms with Gasteiger partial charge in [0, 0.05) is 44.2 Å². The van der Waals surface area contributed by atoms with E-state index in [0.717, 1.165) is 25.9 Å². The zero-order valence-corrected chi connectivity index (χ0v) is 16.9. The van der Waals surface area contributed by atoms with Gasteiger partial charge in [-0.15, -0.1) is 0 Å². The number of hydrogen-bond acceptors (Lipinski definition) is 5. The summed E-state index contributed by atoms with van der Waals surface area (Å²) in [6.45, 7) is 3.10. The molecule has 4 aliphatic rings. The Kier molecular flexibility index (Phi) is 4.65. The van der Waals surface area contributed by atoms with E-state index < -0.39 is 5.60 Å². The van der Waals surface area contributed by atoms with Crippen LogP contribution in [-0.4, -0.2) is 70.2 Å². The van der Waals surface area contributed by atoms with Crippen LogP contribution in [0.5, 0.6) is 0 Å². The largest absolute Gasteiger partial charge is 0.380 e. The molecule has 2 atom stereocenters. The first-order valence-corrected chi connectivity index (χ1v) is 11.0. The molecule has 2 aliphatic heterocycles. The number of piperidine rings is 1. The lowest BCUT2D eigenvalue weighted by Gasteiger charge is -2.57. The Morgan fingerprint density at radius 3 is 2.52 bits per heavy atom. The SMILES string of the molecule is N#CCC1(N2CCC(N[C@@H]3CC3c3ccccc3)CC2)CN(C(=O)C2(O)CC2)C1. The molecule has 0 radical (unpaired) electrons. The lowest BCUT2D eigenvalue weighted by Crippen LogP contribution is -2.73. The van der Waals surface area contributed by atoms with Crippen molar-refractivity contribution in [3.63, 3.8) is 0 Å². The molecular weight excluding hydrogens is 364 g/mol. The smallest absolute Gasteiger partial charge is 0.254 e. The second-order valence-electron chi connectivity index (χ2n) is 9.54. The number of hydrogen-bond donors (Lipinski definition) is 2. The molecule has 0 aromatic heterocycles. The Labute approximate surface area is 172 Å². The number of benzene rings is 1. The van der Waals surface area contributed by atoms with Crippen LogP contribution in [0.15, 0.2) is 30.3 Å². The monoisotopic (exact) mass is 394 g/mol. The van der Waals surface area contributed by atoms with Crippen molar-refractivity contribution in [2.45, 2.75) is 67.7 Å².